The minimum atomic E-state index is -3.17. The predicted molar refractivity (Wildman–Crippen MR) is 37.3 cm³/mol. The highest BCUT2D eigenvalue weighted by Crippen LogP contribution is 2.55. The van der Waals surface area contributed by atoms with E-state index in [-0.39, 0.29) is 0 Å². The largest absolute Gasteiger partial charge is 0.323 e. The van der Waals surface area contributed by atoms with Gasteiger partial charge in [-0.05, 0) is 34.2 Å². The van der Waals surface area contributed by atoms with Crippen molar-refractivity contribution in [2.24, 2.45) is 0 Å². The Kier molecular flexibility index (Phi) is 3.24. The molecule has 0 aliphatic heterocycles. The number of hydrogen-bond donors (Lipinski definition) is 0. The van der Waals surface area contributed by atoms with Crippen molar-refractivity contribution in [1.82, 2.24) is 0 Å². The second-order valence-corrected chi connectivity index (χ2v) is 5.45. The van der Waals surface area contributed by atoms with Gasteiger partial charge in [-0.25, -0.2) is 0 Å². The zero-order valence-electron chi connectivity index (χ0n) is 3.90. The molecule has 8 heavy (non-hydrogen) atoms. The Bertz CT molecular complexity index is 182. The third-order valence-corrected chi connectivity index (χ3v) is 1.19. The van der Waals surface area contributed by atoms with Gasteiger partial charge < -0.3 is 0 Å². The number of halogens is 2. The van der Waals surface area contributed by atoms with Crippen molar-refractivity contribution in [1.29, 1.82) is 0 Å². The van der Waals surface area contributed by atoms with Crippen LogP contribution in [0.1, 0.15) is 0 Å². The summed E-state index contributed by atoms with van der Waals surface area (Å²) >= 11 is 10.0. The van der Waals surface area contributed by atoms with Gasteiger partial charge in [-0.15, -0.1) is 0 Å². The Morgan fingerprint density at radius 1 is 1.62 bits per heavy atom. The molecular formula is C4H3Cl2OP. The minimum absolute atomic E-state index is 1.28. The average molecular weight is 169 g/mol. The van der Waals surface area contributed by atoms with Crippen molar-refractivity contribution < 1.29 is 4.57 Å². The molecule has 4 heteroatoms. The van der Waals surface area contributed by atoms with E-state index in [1.54, 1.807) is 0 Å². The van der Waals surface area contributed by atoms with E-state index in [1.165, 1.54) is 6.08 Å². The van der Waals surface area contributed by atoms with Gasteiger partial charge in [0.05, 0.1) is 0 Å². The van der Waals surface area contributed by atoms with E-state index in [9.17, 15) is 4.57 Å². The summed E-state index contributed by atoms with van der Waals surface area (Å²) in [5, 5.41) is 0. The van der Waals surface area contributed by atoms with E-state index in [2.05, 4.69) is 18.2 Å². The van der Waals surface area contributed by atoms with E-state index >= 15 is 0 Å². The first kappa shape index (κ1) is 8.11. The summed E-state index contributed by atoms with van der Waals surface area (Å²) in [6, 6.07) is 0. The van der Waals surface area contributed by atoms with Gasteiger partial charge in [0, 0.05) is 0 Å². The third kappa shape index (κ3) is 6.11. The van der Waals surface area contributed by atoms with Crippen LogP contribution in [0.3, 0.4) is 0 Å². The molecule has 0 amide bonds. The molecule has 0 aliphatic rings. The van der Waals surface area contributed by atoms with Gasteiger partial charge in [-0.1, -0.05) is 12.5 Å². The minimum Gasteiger partial charge on any atom is -0.275 e. The summed E-state index contributed by atoms with van der Waals surface area (Å²) in [6.45, 7) is 3.25. The Balaban J connectivity index is 4.09. The van der Waals surface area contributed by atoms with Crippen LogP contribution in [-0.4, -0.2) is 0 Å². The molecule has 0 spiro atoms. The first-order valence-corrected chi connectivity index (χ1v) is 5.21. The van der Waals surface area contributed by atoms with Gasteiger partial charge >= 0.3 is 5.85 Å². The Morgan fingerprint density at radius 3 is 2.25 bits per heavy atom. The maximum atomic E-state index is 10.3. The maximum absolute atomic E-state index is 10.3. The monoisotopic (exact) mass is 168 g/mol. The molecule has 0 fully saturated rings. The molecule has 0 aliphatic carbocycles. The maximum Gasteiger partial charge on any atom is 0.323 e. The smallest absolute Gasteiger partial charge is 0.275 e. The predicted octanol–water partition coefficient (Wildman–Crippen LogP) is 2.80. The average Bonchev–Trinajstić information content (AvgIpc) is 1.59. The van der Waals surface area contributed by atoms with Crippen molar-refractivity contribution in [3.63, 3.8) is 0 Å². The van der Waals surface area contributed by atoms with Crippen LogP contribution in [-0.2, 0) is 4.57 Å². The summed E-state index contributed by atoms with van der Waals surface area (Å²) in [4.78, 5) is 0. The SMILES string of the molecule is C=CC#CP(=O)(Cl)Cl. The molecule has 0 aromatic carbocycles. The molecule has 0 N–H and O–H groups in total. The first-order chi connectivity index (χ1) is 3.56. The lowest BCUT2D eigenvalue weighted by Crippen LogP contribution is -1.46. The van der Waals surface area contributed by atoms with Gasteiger partial charge in [0.25, 0.3) is 0 Å². The quantitative estimate of drug-likeness (QED) is 0.402. The van der Waals surface area contributed by atoms with Crippen LogP contribution in [0.2, 0.25) is 0 Å². The molecule has 0 saturated carbocycles. The van der Waals surface area contributed by atoms with Gasteiger partial charge in [-0.2, -0.15) is 0 Å². The third-order valence-electron chi connectivity index (χ3n) is 0.297. The van der Waals surface area contributed by atoms with Gasteiger partial charge in [0.15, 0.2) is 0 Å². The van der Waals surface area contributed by atoms with Crippen molar-refractivity contribution in [3.8, 4) is 11.6 Å². The van der Waals surface area contributed by atoms with Crippen LogP contribution in [0, 0.1) is 11.6 Å². The highest BCUT2D eigenvalue weighted by Gasteiger charge is 2.05. The van der Waals surface area contributed by atoms with Crippen LogP contribution < -0.4 is 0 Å². The Labute approximate surface area is 57.6 Å². The van der Waals surface area contributed by atoms with E-state index < -0.39 is 5.85 Å². The second kappa shape index (κ2) is 3.20. The fourth-order valence-corrected chi connectivity index (χ4v) is 0.655. The highest BCUT2D eigenvalue weighted by atomic mass is 35.9. The van der Waals surface area contributed by atoms with Crippen LogP contribution >= 0.6 is 28.3 Å². The molecule has 44 valence electrons. The lowest BCUT2D eigenvalue weighted by Gasteiger charge is -1.80. The molecule has 0 unspecified atom stereocenters. The van der Waals surface area contributed by atoms with Gasteiger partial charge in [-0.3, -0.25) is 4.57 Å². The molecule has 0 saturated heterocycles. The molecule has 0 aromatic rings. The van der Waals surface area contributed by atoms with Gasteiger partial charge in [0.2, 0.25) is 0 Å². The molecule has 0 rings (SSSR count). The first-order valence-electron chi connectivity index (χ1n) is 1.69. The van der Waals surface area contributed by atoms with Crippen LogP contribution in [0.4, 0.5) is 0 Å². The second-order valence-electron chi connectivity index (χ2n) is 0.922. The van der Waals surface area contributed by atoms with Crippen LogP contribution in [0.25, 0.3) is 0 Å². The summed E-state index contributed by atoms with van der Waals surface area (Å²) < 4.78 is 10.3. The Hall–Kier alpha value is 0.110. The zero-order valence-corrected chi connectivity index (χ0v) is 6.30. The molecule has 0 radical (unpaired) electrons. The fourth-order valence-electron chi connectivity index (χ4n) is 0.121. The summed E-state index contributed by atoms with van der Waals surface area (Å²) in [6.07, 6.45) is 1.28. The molecule has 0 atom stereocenters. The number of hydrogen-bond acceptors (Lipinski definition) is 1. The van der Waals surface area contributed by atoms with E-state index in [0.29, 0.717) is 0 Å². The Morgan fingerprint density at radius 2 is 2.12 bits per heavy atom. The van der Waals surface area contributed by atoms with Crippen molar-refractivity contribution in [2.45, 2.75) is 0 Å². The number of rotatable bonds is 0. The topological polar surface area (TPSA) is 17.1 Å². The van der Waals surface area contributed by atoms with Crippen LogP contribution in [0.5, 0.6) is 0 Å². The summed E-state index contributed by atoms with van der Waals surface area (Å²) in [7, 11) is 0. The molecule has 0 aromatic heterocycles. The lowest BCUT2D eigenvalue weighted by atomic mass is 10.7. The van der Waals surface area contributed by atoms with Gasteiger partial charge in [0.1, 0.15) is 0 Å². The normalized spacial score (nSPS) is 9.25. The van der Waals surface area contributed by atoms with Crippen LogP contribution in [0.15, 0.2) is 12.7 Å². The van der Waals surface area contributed by atoms with E-state index in [1.807, 2.05) is 0 Å². The molecule has 1 nitrogen and oxygen atoms in total. The highest BCUT2D eigenvalue weighted by molar-refractivity contribution is 8.11. The molecule has 0 heterocycles. The summed E-state index contributed by atoms with van der Waals surface area (Å²) in [5.41, 5.74) is 2.09. The standard InChI is InChI=1S/C4H3Cl2OP/c1-2-3-4-8(5,6)7/h2H,1H2. The molecular weight excluding hydrogens is 166 g/mol. The zero-order chi connectivity index (χ0) is 6.62. The lowest BCUT2D eigenvalue weighted by molar-refractivity contribution is 0.598. The summed E-state index contributed by atoms with van der Waals surface area (Å²) in [5.74, 6) is -0.895. The molecule has 0 bridgehead atoms. The number of allylic oxidation sites excluding steroid dienone is 1. The fraction of sp³-hybridized carbons (Fsp3) is 0. The van der Waals surface area contributed by atoms with E-state index in [4.69, 9.17) is 22.5 Å². The van der Waals surface area contributed by atoms with E-state index in [0.717, 1.165) is 0 Å². The van der Waals surface area contributed by atoms with Crippen molar-refractivity contribution >= 4 is 28.3 Å². The van der Waals surface area contributed by atoms with Crippen molar-refractivity contribution in [2.75, 3.05) is 0 Å². The van der Waals surface area contributed by atoms with Crippen molar-refractivity contribution in [3.05, 3.63) is 12.7 Å².